The maximum absolute atomic E-state index is 9.86. The van der Waals surface area contributed by atoms with E-state index in [2.05, 4.69) is 4.98 Å². The lowest BCUT2D eigenvalue weighted by molar-refractivity contribution is -0.0477. The highest BCUT2D eigenvalue weighted by Crippen LogP contribution is 2.33. The van der Waals surface area contributed by atoms with Gasteiger partial charge in [0.15, 0.2) is 0 Å². The Labute approximate surface area is 72.0 Å². The van der Waals surface area contributed by atoms with Crippen LogP contribution in [0.2, 0.25) is 0 Å². The van der Waals surface area contributed by atoms with Crippen molar-refractivity contribution in [2.45, 2.75) is 38.3 Å². The van der Waals surface area contributed by atoms with Crippen LogP contribution in [-0.2, 0) is 6.54 Å². The third-order valence-corrected chi connectivity index (χ3v) is 2.67. The largest absolute Gasteiger partial charge is 0.388 e. The molecule has 1 saturated carbocycles. The minimum absolute atomic E-state index is 0.439. The van der Waals surface area contributed by atoms with Gasteiger partial charge in [-0.3, -0.25) is 0 Å². The van der Waals surface area contributed by atoms with Gasteiger partial charge in [-0.1, -0.05) is 0 Å². The number of aryl methyl sites for hydroxylation is 1. The van der Waals surface area contributed by atoms with Gasteiger partial charge in [0, 0.05) is 12.4 Å². The fraction of sp³-hybridized carbons (Fsp3) is 0.667. The van der Waals surface area contributed by atoms with Crippen molar-refractivity contribution in [3.05, 3.63) is 18.2 Å². The first-order valence-electron chi connectivity index (χ1n) is 4.40. The van der Waals surface area contributed by atoms with Gasteiger partial charge in [0.25, 0.3) is 0 Å². The van der Waals surface area contributed by atoms with Crippen molar-refractivity contribution >= 4 is 0 Å². The van der Waals surface area contributed by atoms with Crippen molar-refractivity contribution in [1.82, 2.24) is 9.55 Å². The predicted molar refractivity (Wildman–Crippen MR) is 45.8 cm³/mol. The van der Waals surface area contributed by atoms with Gasteiger partial charge >= 0.3 is 0 Å². The van der Waals surface area contributed by atoms with Crippen molar-refractivity contribution in [3.8, 4) is 0 Å². The summed E-state index contributed by atoms with van der Waals surface area (Å²) in [6.45, 7) is 2.67. The maximum atomic E-state index is 9.86. The highest BCUT2D eigenvalue weighted by Gasteiger charge is 2.34. The van der Waals surface area contributed by atoms with Crippen LogP contribution in [0.4, 0.5) is 0 Å². The average Bonchev–Trinajstić information content (AvgIpc) is 2.34. The van der Waals surface area contributed by atoms with Crippen LogP contribution in [0.15, 0.2) is 12.4 Å². The maximum Gasteiger partial charge on any atom is 0.105 e. The van der Waals surface area contributed by atoms with Gasteiger partial charge in [-0.25, -0.2) is 4.98 Å². The Kier molecular flexibility index (Phi) is 1.68. The topological polar surface area (TPSA) is 38.0 Å². The van der Waals surface area contributed by atoms with Crippen LogP contribution < -0.4 is 0 Å². The van der Waals surface area contributed by atoms with E-state index in [9.17, 15) is 5.11 Å². The zero-order valence-electron chi connectivity index (χ0n) is 7.32. The van der Waals surface area contributed by atoms with Crippen molar-refractivity contribution in [3.63, 3.8) is 0 Å². The van der Waals surface area contributed by atoms with E-state index in [1.165, 1.54) is 0 Å². The van der Waals surface area contributed by atoms with Crippen LogP contribution in [0.3, 0.4) is 0 Å². The van der Waals surface area contributed by atoms with Gasteiger partial charge in [0.1, 0.15) is 5.82 Å². The lowest BCUT2D eigenvalue weighted by Gasteiger charge is -2.36. The Morgan fingerprint density at radius 3 is 2.83 bits per heavy atom. The van der Waals surface area contributed by atoms with E-state index in [1.807, 2.05) is 17.7 Å². The smallest absolute Gasteiger partial charge is 0.105 e. The Balaban J connectivity index is 2.08. The Bertz CT molecular complexity index is 276. The number of aliphatic hydroxyl groups is 1. The zero-order valence-corrected chi connectivity index (χ0v) is 7.32. The fourth-order valence-electron chi connectivity index (χ4n) is 1.63. The van der Waals surface area contributed by atoms with E-state index < -0.39 is 5.60 Å². The van der Waals surface area contributed by atoms with E-state index in [4.69, 9.17) is 0 Å². The second-order valence-corrected chi connectivity index (χ2v) is 3.68. The summed E-state index contributed by atoms with van der Waals surface area (Å²) >= 11 is 0. The van der Waals surface area contributed by atoms with Crippen molar-refractivity contribution in [2.24, 2.45) is 0 Å². The summed E-state index contributed by atoms with van der Waals surface area (Å²) in [6.07, 6.45) is 6.72. The summed E-state index contributed by atoms with van der Waals surface area (Å²) in [4.78, 5) is 4.11. The van der Waals surface area contributed by atoms with E-state index in [-0.39, 0.29) is 0 Å². The molecule has 0 radical (unpaired) electrons. The van der Waals surface area contributed by atoms with Crippen molar-refractivity contribution < 1.29 is 5.11 Å². The molecule has 1 N–H and O–H groups in total. The molecule has 3 nitrogen and oxygen atoms in total. The number of hydrogen-bond donors (Lipinski definition) is 1. The minimum Gasteiger partial charge on any atom is -0.388 e. The molecule has 1 fully saturated rings. The van der Waals surface area contributed by atoms with Crippen LogP contribution in [-0.4, -0.2) is 20.3 Å². The molecule has 1 aliphatic rings. The Morgan fingerprint density at radius 1 is 1.67 bits per heavy atom. The number of rotatable bonds is 2. The third-order valence-electron chi connectivity index (χ3n) is 2.67. The van der Waals surface area contributed by atoms with Crippen LogP contribution in [0, 0.1) is 6.92 Å². The average molecular weight is 166 g/mol. The summed E-state index contributed by atoms with van der Waals surface area (Å²) in [5, 5.41) is 9.86. The number of aromatic nitrogens is 2. The molecule has 0 aliphatic heterocycles. The molecule has 0 spiro atoms. The first-order valence-corrected chi connectivity index (χ1v) is 4.40. The summed E-state index contributed by atoms with van der Waals surface area (Å²) in [5.74, 6) is 0.982. The van der Waals surface area contributed by atoms with Crippen molar-refractivity contribution in [2.75, 3.05) is 0 Å². The fourth-order valence-corrected chi connectivity index (χ4v) is 1.63. The summed E-state index contributed by atoms with van der Waals surface area (Å²) in [5.41, 5.74) is -0.439. The Hall–Kier alpha value is -0.830. The molecule has 0 unspecified atom stereocenters. The first kappa shape index (κ1) is 7.80. The van der Waals surface area contributed by atoms with Gasteiger partial charge in [-0.15, -0.1) is 0 Å². The zero-order chi connectivity index (χ0) is 8.60. The summed E-state index contributed by atoms with van der Waals surface area (Å²) in [6, 6.07) is 0. The highest BCUT2D eigenvalue weighted by molar-refractivity contribution is 4.95. The Morgan fingerprint density at radius 2 is 2.42 bits per heavy atom. The van der Waals surface area contributed by atoms with Gasteiger partial charge < -0.3 is 9.67 Å². The van der Waals surface area contributed by atoms with Crippen LogP contribution in [0.5, 0.6) is 0 Å². The molecule has 0 amide bonds. The quantitative estimate of drug-likeness (QED) is 0.714. The van der Waals surface area contributed by atoms with E-state index >= 15 is 0 Å². The number of imidazole rings is 1. The number of hydrogen-bond acceptors (Lipinski definition) is 2. The van der Waals surface area contributed by atoms with Crippen LogP contribution in [0.1, 0.15) is 25.1 Å². The molecule has 12 heavy (non-hydrogen) atoms. The molecular weight excluding hydrogens is 152 g/mol. The second kappa shape index (κ2) is 2.59. The third kappa shape index (κ3) is 1.25. The monoisotopic (exact) mass is 166 g/mol. The highest BCUT2D eigenvalue weighted by atomic mass is 16.3. The predicted octanol–water partition coefficient (Wildman–Crippen LogP) is 1.11. The summed E-state index contributed by atoms with van der Waals surface area (Å²) < 4.78 is 2.01. The molecule has 2 rings (SSSR count). The van der Waals surface area contributed by atoms with Crippen LogP contribution >= 0.6 is 0 Å². The first-order chi connectivity index (χ1) is 5.70. The molecule has 1 aliphatic carbocycles. The molecule has 0 saturated heterocycles. The molecule has 1 aromatic rings. The molecule has 0 atom stereocenters. The SMILES string of the molecule is Cc1nccn1CC1(O)CCC1. The van der Waals surface area contributed by atoms with Crippen molar-refractivity contribution in [1.29, 1.82) is 0 Å². The van der Waals surface area contributed by atoms with Gasteiger partial charge in [0.05, 0.1) is 12.1 Å². The normalized spacial score (nSPS) is 20.5. The lowest BCUT2D eigenvalue weighted by Crippen LogP contribution is -2.41. The molecule has 3 heteroatoms. The standard InChI is InChI=1S/C9H14N2O/c1-8-10-5-6-11(8)7-9(12)3-2-4-9/h5-6,12H,2-4,7H2,1H3. The van der Waals surface area contributed by atoms with E-state index in [0.717, 1.165) is 25.1 Å². The molecule has 66 valence electrons. The lowest BCUT2D eigenvalue weighted by atomic mass is 9.80. The van der Waals surface area contributed by atoms with Gasteiger partial charge in [-0.05, 0) is 26.2 Å². The van der Waals surface area contributed by atoms with Gasteiger partial charge in [-0.2, -0.15) is 0 Å². The molecule has 0 bridgehead atoms. The summed E-state index contributed by atoms with van der Waals surface area (Å²) in [7, 11) is 0. The van der Waals surface area contributed by atoms with Gasteiger partial charge in [0.2, 0.25) is 0 Å². The van der Waals surface area contributed by atoms with E-state index in [1.54, 1.807) is 6.20 Å². The second-order valence-electron chi connectivity index (χ2n) is 3.68. The molecule has 1 aromatic heterocycles. The molecule has 1 heterocycles. The number of nitrogens with zero attached hydrogens (tertiary/aromatic N) is 2. The molecule has 0 aromatic carbocycles. The minimum atomic E-state index is -0.439. The van der Waals surface area contributed by atoms with E-state index in [0.29, 0.717) is 6.54 Å². The molecular formula is C9H14N2O. The van der Waals surface area contributed by atoms with Crippen LogP contribution in [0.25, 0.3) is 0 Å².